The number of hydrogen-bond donors (Lipinski definition) is 0. The lowest BCUT2D eigenvalue weighted by Crippen LogP contribution is -2.27. The third kappa shape index (κ3) is 3.34. The van der Waals surface area contributed by atoms with Crippen molar-refractivity contribution >= 4 is 50.6 Å². The van der Waals surface area contributed by atoms with E-state index in [-0.39, 0.29) is 11.1 Å². The zero-order valence-corrected chi connectivity index (χ0v) is 17.8. The molecule has 4 rings (SSSR count). The highest BCUT2D eigenvalue weighted by molar-refractivity contribution is 9.10. The molecule has 28 heavy (non-hydrogen) atoms. The Hall–Kier alpha value is -2.57. The number of halogens is 1. The highest BCUT2D eigenvalue weighted by Crippen LogP contribution is 2.36. The Labute approximate surface area is 176 Å². The standard InChI is InChI=1S/C22H17BrN2O2S/c1-14-11-16(15(2)24(14)19-10-6-7-17(23)13-19)12-20-21(26)25(22(27)28-20)18-8-4-3-5-9-18/h3-13H,1-2H3/b20-12-. The number of nitrogens with zero attached hydrogens (tertiary/aromatic N) is 2. The average molecular weight is 453 g/mol. The summed E-state index contributed by atoms with van der Waals surface area (Å²) in [6, 6.07) is 19.1. The summed E-state index contributed by atoms with van der Waals surface area (Å²) in [6.45, 7) is 4.04. The predicted octanol–water partition coefficient (Wildman–Crippen LogP) is 6.10. The van der Waals surface area contributed by atoms with Gasteiger partial charge in [-0.2, -0.15) is 0 Å². The molecule has 2 heterocycles. The minimum absolute atomic E-state index is 0.275. The van der Waals surface area contributed by atoms with Gasteiger partial charge in [0.2, 0.25) is 0 Å². The number of rotatable bonds is 3. The normalized spacial score (nSPS) is 15.7. The van der Waals surface area contributed by atoms with Gasteiger partial charge in [0, 0.05) is 21.5 Å². The second-order valence-corrected chi connectivity index (χ2v) is 8.40. The van der Waals surface area contributed by atoms with Gasteiger partial charge in [0.1, 0.15) is 0 Å². The Kier molecular flexibility index (Phi) is 5.00. The van der Waals surface area contributed by atoms with Gasteiger partial charge in [-0.15, -0.1) is 0 Å². The van der Waals surface area contributed by atoms with Crippen molar-refractivity contribution in [3.8, 4) is 5.69 Å². The largest absolute Gasteiger partial charge is 0.318 e. The van der Waals surface area contributed by atoms with Crippen molar-refractivity contribution in [2.45, 2.75) is 13.8 Å². The van der Waals surface area contributed by atoms with E-state index in [0.717, 1.165) is 38.9 Å². The van der Waals surface area contributed by atoms with Crippen molar-refractivity contribution in [3.05, 3.63) is 87.0 Å². The smallest absolute Gasteiger partial charge is 0.298 e. The van der Waals surface area contributed by atoms with Crippen LogP contribution >= 0.6 is 27.7 Å². The van der Waals surface area contributed by atoms with Crippen LogP contribution < -0.4 is 4.90 Å². The zero-order chi connectivity index (χ0) is 19.8. The Morgan fingerprint density at radius 1 is 0.929 bits per heavy atom. The molecule has 1 aliphatic rings. The van der Waals surface area contributed by atoms with Gasteiger partial charge in [-0.3, -0.25) is 9.59 Å². The lowest BCUT2D eigenvalue weighted by atomic mass is 10.2. The summed E-state index contributed by atoms with van der Waals surface area (Å²) in [5.74, 6) is -0.284. The van der Waals surface area contributed by atoms with Crippen LogP contribution in [0.2, 0.25) is 0 Å². The molecule has 1 fully saturated rings. The minimum atomic E-state index is -0.284. The summed E-state index contributed by atoms with van der Waals surface area (Å²) in [5, 5.41) is -0.275. The van der Waals surface area contributed by atoms with E-state index in [9.17, 15) is 9.59 Å². The summed E-state index contributed by atoms with van der Waals surface area (Å²) in [5.41, 5.74) is 4.64. The second kappa shape index (κ2) is 7.45. The third-order valence-corrected chi connectivity index (χ3v) is 5.99. The fourth-order valence-corrected chi connectivity index (χ4v) is 4.57. The molecule has 2 aromatic carbocycles. The maximum atomic E-state index is 12.8. The molecule has 0 aliphatic carbocycles. The molecule has 0 saturated carbocycles. The van der Waals surface area contributed by atoms with E-state index in [4.69, 9.17) is 0 Å². The van der Waals surface area contributed by atoms with Crippen LogP contribution in [0.3, 0.4) is 0 Å². The van der Waals surface area contributed by atoms with Crippen LogP contribution in [0, 0.1) is 13.8 Å². The van der Waals surface area contributed by atoms with E-state index in [0.29, 0.717) is 10.6 Å². The average Bonchev–Trinajstić information content (AvgIpc) is 3.11. The quantitative estimate of drug-likeness (QED) is 0.451. The molecule has 0 radical (unpaired) electrons. The van der Waals surface area contributed by atoms with Gasteiger partial charge in [-0.1, -0.05) is 40.2 Å². The third-order valence-electron chi connectivity index (χ3n) is 4.63. The Morgan fingerprint density at radius 2 is 1.64 bits per heavy atom. The molecule has 0 atom stereocenters. The summed E-state index contributed by atoms with van der Waals surface area (Å²) in [6.07, 6.45) is 1.81. The van der Waals surface area contributed by atoms with Gasteiger partial charge in [0.25, 0.3) is 11.1 Å². The Morgan fingerprint density at radius 3 is 2.36 bits per heavy atom. The molecule has 2 amide bonds. The first kappa shape index (κ1) is 18.8. The van der Waals surface area contributed by atoms with Gasteiger partial charge >= 0.3 is 0 Å². The van der Waals surface area contributed by atoms with E-state index in [1.165, 1.54) is 4.90 Å². The number of amides is 2. The highest BCUT2D eigenvalue weighted by Gasteiger charge is 2.36. The molecule has 140 valence electrons. The number of imide groups is 1. The number of carbonyl (C=O) groups excluding carboxylic acids is 2. The van der Waals surface area contributed by atoms with Crippen molar-refractivity contribution in [3.63, 3.8) is 0 Å². The van der Waals surface area contributed by atoms with Crippen LogP contribution in [0.4, 0.5) is 10.5 Å². The molecule has 0 unspecified atom stereocenters. The van der Waals surface area contributed by atoms with Crippen LogP contribution in [-0.4, -0.2) is 15.7 Å². The monoisotopic (exact) mass is 452 g/mol. The van der Waals surface area contributed by atoms with Crippen LogP contribution in [0.25, 0.3) is 11.8 Å². The van der Waals surface area contributed by atoms with E-state index < -0.39 is 0 Å². The molecule has 0 bridgehead atoms. The summed E-state index contributed by atoms with van der Waals surface area (Å²) >= 11 is 4.49. The van der Waals surface area contributed by atoms with Gasteiger partial charge in [-0.05, 0) is 73.6 Å². The van der Waals surface area contributed by atoms with Crippen molar-refractivity contribution in [2.75, 3.05) is 4.90 Å². The molecule has 1 saturated heterocycles. The van der Waals surface area contributed by atoms with Crippen LogP contribution in [0.1, 0.15) is 17.0 Å². The molecule has 0 spiro atoms. The number of thioether (sulfide) groups is 1. The molecule has 3 aromatic rings. The number of carbonyl (C=O) groups is 2. The Bertz CT molecular complexity index is 1120. The van der Waals surface area contributed by atoms with E-state index >= 15 is 0 Å². The van der Waals surface area contributed by atoms with Crippen LogP contribution in [-0.2, 0) is 4.79 Å². The first-order valence-electron chi connectivity index (χ1n) is 8.73. The van der Waals surface area contributed by atoms with Crippen LogP contribution in [0.5, 0.6) is 0 Å². The summed E-state index contributed by atoms with van der Waals surface area (Å²) < 4.78 is 3.14. The zero-order valence-electron chi connectivity index (χ0n) is 15.3. The lowest BCUT2D eigenvalue weighted by molar-refractivity contribution is -0.113. The van der Waals surface area contributed by atoms with Gasteiger partial charge in [-0.25, -0.2) is 4.90 Å². The van der Waals surface area contributed by atoms with Crippen molar-refractivity contribution in [2.24, 2.45) is 0 Å². The van der Waals surface area contributed by atoms with E-state index in [1.807, 2.05) is 68.5 Å². The van der Waals surface area contributed by atoms with Crippen molar-refractivity contribution in [1.82, 2.24) is 4.57 Å². The maximum absolute atomic E-state index is 12.8. The molecular formula is C22H17BrN2O2S. The fourth-order valence-electron chi connectivity index (χ4n) is 3.35. The predicted molar refractivity (Wildman–Crippen MR) is 118 cm³/mol. The SMILES string of the molecule is Cc1cc(/C=C2\SC(=O)N(c3ccccc3)C2=O)c(C)n1-c1cccc(Br)c1. The number of benzene rings is 2. The molecule has 0 N–H and O–H groups in total. The second-order valence-electron chi connectivity index (χ2n) is 6.49. The van der Waals surface area contributed by atoms with Crippen molar-refractivity contribution < 1.29 is 9.59 Å². The fraction of sp³-hybridized carbons (Fsp3) is 0.0909. The van der Waals surface area contributed by atoms with Gasteiger partial charge < -0.3 is 4.57 Å². The number of para-hydroxylation sites is 1. The first-order valence-corrected chi connectivity index (χ1v) is 10.3. The van der Waals surface area contributed by atoms with E-state index in [2.05, 4.69) is 20.5 Å². The molecular weight excluding hydrogens is 436 g/mol. The molecule has 1 aliphatic heterocycles. The first-order chi connectivity index (χ1) is 13.5. The van der Waals surface area contributed by atoms with Crippen LogP contribution in [0.15, 0.2) is 70.0 Å². The molecule has 6 heteroatoms. The van der Waals surface area contributed by atoms with Gasteiger partial charge in [0.05, 0.1) is 10.6 Å². The number of aromatic nitrogens is 1. The number of hydrogen-bond acceptors (Lipinski definition) is 3. The number of anilines is 1. The van der Waals surface area contributed by atoms with Gasteiger partial charge in [0.15, 0.2) is 0 Å². The van der Waals surface area contributed by atoms with Crippen molar-refractivity contribution in [1.29, 1.82) is 0 Å². The summed E-state index contributed by atoms with van der Waals surface area (Å²) in [4.78, 5) is 26.9. The Balaban J connectivity index is 1.72. The van der Waals surface area contributed by atoms with E-state index in [1.54, 1.807) is 12.1 Å². The lowest BCUT2D eigenvalue weighted by Gasteiger charge is -2.11. The summed E-state index contributed by atoms with van der Waals surface area (Å²) in [7, 11) is 0. The number of aryl methyl sites for hydroxylation is 1. The minimum Gasteiger partial charge on any atom is -0.318 e. The highest BCUT2D eigenvalue weighted by atomic mass is 79.9. The molecule has 1 aromatic heterocycles. The topological polar surface area (TPSA) is 42.3 Å². The maximum Gasteiger partial charge on any atom is 0.298 e. The molecule has 4 nitrogen and oxygen atoms in total.